The lowest BCUT2D eigenvalue weighted by Crippen LogP contribution is -2.13. The molecule has 24 heavy (non-hydrogen) atoms. The van der Waals surface area contributed by atoms with E-state index in [1.54, 1.807) is 6.07 Å². The van der Waals surface area contributed by atoms with Gasteiger partial charge in [0.2, 0.25) is 0 Å². The Morgan fingerprint density at radius 2 is 2.12 bits per heavy atom. The highest BCUT2D eigenvalue weighted by atomic mass is 35.5. The van der Waals surface area contributed by atoms with Gasteiger partial charge in [0.15, 0.2) is 5.13 Å². The van der Waals surface area contributed by atoms with Crippen molar-refractivity contribution < 1.29 is 4.79 Å². The molecule has 0 unspecified atom stereocenters. The van der Waals surface area contributed by atoms with Crippen LogP contribution < -0.4 is 5.32 Å². The number of anilines is 1. The molecule has 0 aliphatic heterocycles. The van der Waals surface area contributed by atoms with Crippen molar-refractivity contribution in [3.8, 4) is 11.3 Å². The zero-order chi connectivity index (χ0) is 16.5. The van der Waals surface area contributed by atoms with Crippen LogP contribution in [0.5, 0.6) is 0 Å². The SMILES string of the molecule is O=C(Nc1nc(-c2c[nH]c3ccccc23)cs1)c1cc(Cl)ccn1. The van der Waals surface area contributed by atoms with Crippen molar-refractivity contribution in [2.24, 2.45) is 0 Å². The number of hydrogen-bond donors (Lipinski definition) is 2. The summed E-state index contributed by atoms with van der Waals surface area (Å²) in [5, 5.41) is 6.74. The number of rotatable bonds is 3. The maximum Gasteiger partial charge on any atom is 0.276 e. The fourth-order valence-corrected chi connectivity index (χ4v) is 3.29. The summed E-state index contributed by atoms with van der Waals surface area (Å²) in [5.41, 5.74) is 3.12. The minimum absolute atomic E-state index is 0.256. The summed E-state index contributed by atoms with van der Waals surface area (Å²) in [4.78, 5) is 23.9. The number of carbonyl (C=O) groups is 1. The second-order valence-corrected chi connectivity index (χ2v) is 6.39. The van der Waals surface area contributed by atoms with Gasteiger partial charge >= 0.3 is 0 Å². The van der Waals surface area contributed by atoms with Gasteiger partial charge in [-0.05, 0) is 18.2 Å². The van der Waals surface area contributed by atoms with Gasteiger partial charge in [-0.25, -0.2) is 4.98 Å². The van der Waals surface area contributed by atoms with E-state index in [0.29, 0.717) is 10.2 Å². The molecule has 1 amide bonds. The molecule has 0 fully saturated rings. The second kappa shape index (κ2) is 6.07. The smallest absolute Gasteiger partial charge is 0.276 e. The Hall–Kier alpha value is -2.70. The Morgan fingerprint density at radius 3 is 3.00 bits per heavy atom. The lowest BCUT2D eigenvalue weighted by molar-refractivity contribution is 0.102. The van der Waals surface area contributed by atoms with Crippen LogP contribution in [0.15, 0.2) is 54.2 Å². The van der Waals surface area contributed by atoms with Crippen LogP contribution in [0.4, 0.5) is 5.13 Å². The maximum absolute atomic E-state index is 12.2. The summed E-state index contributed by atoms with van der Waals surface area (Å²) in [7, 11) is 0. The average Bonchev–Trinajstić information content (AvgIpc) is 3.21. The highest BCUT2D eigenvalue weighted by Gasteiger charge is 2.13. The Labute approximate surface area is 146 Å². The van der Waals surface area contributed by atoms with Crippen molar-refractivity contribution >= 4 is 44.9 Å². The van der Waals surface area contributed by atoms with Crippen molar-refractivity contribution in [3.63, 3.8) is 0 Å². The number of thiazole rings is 1. The van der Waals surface area contributed by atoms with Gasteiger partial charge in [0.25, 0.3) is 5.91 Å². The number of aromatic nitrogens is 3. The number of benzene rings is 1. The highest BCUT2D eigenvalue weighted by Crippen LogP contribution is 2.31. The summed E-state index contributed by atoms with van der Waals surface area (Å²) >= 11 is 7.25. The molecular weight excluding hydrogens is 344 g/mol. The third-order valence-corrected chi connectivity index (χ3v) is 4.54. The molecule has 0 aliphatic rings. The number of H-pyrrole nitrogens is 1. The molecule has 3 aromatic heterocycles. The summed E-state index contributed by atoms with van der Waals surface area (Å²) in [5.74, 6) is -0.336. The van der Waals surface area contributed by atoms with Crippen LogP contribution in [0.1, 0.15) is 10.5 Å². The molecule has 4 rings (SSSR count). The number of hydrogen-bond acceptors (Lipinski definition) is 4. The molecule has 0 bridgehead atoms. The number of amides is 1. The Morgan fingerprint density at radius 1 is 1.25 bits per heavy atom. The largest absolute Gasteiger partial charge is 0.360 e. The zero-order valence-corrected chi connectivity index (χ0v) is 13.9. The first kappa shape index (κ1) is 14.9. The molecule has 0 spiro atoms. The molecule has 0 aliphatic carbocycles. The van der Waals surface area contributed by atoms with Gasteiger partial charge < -0.3 is 4.98 Å². The molecule has 5 nitrogen and oxygen atoms in total. The minimum Gasteiger partial charge on any atom is -0.360 e. The minimum atomic E-state index is -0.336. The molecule has 7 heteroatoms. The van der Waals surface area contributed by atoms with E-state index in [1.807, 2.05) is 35.8 Å². The molecule has 2 N–H and O–H groups in total. The van der Waals surface area contributed by atoms with E-state index < -0.39 is 0 Å². The first-order valence-corrected chi connectivity index (χ1v) is 8.41. The normalized spacial score (nSPS) is 10.9. The first-order chi connectivity index (χ1) is 11.7. The highest BCUT2D eigenvalue weighted by molar-refractivity contribution is 7.14. The van der Waals surface area contributed by atoms with E-state index in [0.717, 1.165) is 22.2 Å². The van der Waals surface area contributed by atoms with Crippen molar-refractivity contribution in [2.75, 3.05) is 5.32 Å². The summed E-state index contributed by atoms with van der Waals surface area (Å²) in [6.45, 7) is 0. The van der Waals surface area contributed by atoms with Gasteiger partial charge in [0.05, 0.1) is 5.69 Å². The summed E-state index contributed by atoms with van der Waals surface area (Å²) < 4.78 is 0. The van der Waals surface area contributed by atoms with Gasteiger partial charge in [-0.15, -0.1) is 11.3 Å². The van der Waals surface area contributed by atoms with Gasteiger partial charge in [-0.1, -0.05) is 29.8 Å². The summed E-state index contributed by atoms with van der Waals surface area (Å²) in [6, 6.07) is 11.2. The standard InChI is InChI=1S/C17H11ClN4OS/c18-10-5-6-19-14(7-10)16(23)22-17-21-15(9-24-17)12-8-20-13-4-2-1-3-11(12)13/h1-9,20H,(H,21,22,23). The molecule has 118 valence electrons. The van der Waals surface area contributed by atoms with Crippen LogP contribution in [-0.4, -0.2) is 20.9 Å². The van der Waals surface area contributed by atoms with Crippen LogP contribution in [0, 0.1) is 0 Å². The van der Waals surface area contributed by atoms with Crippen LogP contribution >= 0.6 is 22.9 Å². The number of fused-ring (bicyclic) bond motifs is 1. The lowest BCUT2D eigenvalue weighted by Gasteiger charge is -2.01. The Bertz CT molecular complexity index is 1040. The number of pyridine rings is 1. The number of aromatic amines is 1. The fourth-order valence-electron chi connectivity index (χ4n) is 2.43. The van der Waals surface area contributed by atoms with Crippen molar-refractivity contribution in [3.05, 3.63) is 64.9 Å². The third-order valence-electron chi connectivity index (χ3n) is 3.54. The molecule has 0 saturated heterocycles. The average molecular weight is 355 g/mol. The molecule has 4 aromatic rings. The number of nitrogens with one attached hydrogen (secondary N) is 2. The zero-order valence-electron chi connectivity index (χ0n) is 12.3. The van der Waals surface area contributed by atoms with Crippen molar-refractivity contribution in [1.29, 1.82) is 0 Å². The number of nitrogens with zero attached hydrogens (tertiary/aromatic N) is 2. The van der Waals surface area contributed by atoms with Gasteiger partial charge in [-0.3, -0.25) is 15.1 Å². The first-order valence-electron chi connectivity index (χ1n) is 7.15. The quantitative estimate of drug-likeness (QED) is 0.565. The van der Waals surface area contributed by atoms with Crippen molar-refractivity contribution in [2.45, 2.75) is 0 Å². The molecule has 1 aromatic carbocycles. The van der Waals surface area contributed by atoms with E-state index in [2.05, 4.69) is 20.3 Å². The van der Waals surface area contributed by atoms with E-state index in [9.17, 15) is 4.79 Å². The van der Waals surface area contributed by atoms with Crippen LogP contribution in [0.2, 0.25) is 5.02 Å². The van der Waals surface area contributed by atoms with E-state index >= 15 is 0 Å². The number of carbonyl (C=O) groups excluding carboxylic acids is 1. The van der Waals surface area contributed by atoms with Gasteiger partial charge in [-0.2, -0.15) is 0 Å². The molecular formula is C17H11ClN4OS. The Balaban J connectivity index is 1.60. The number of para-hydroxylation sites is 1. The van der Waals surface area contributed by atoms with E-state index in [1.165, 1.54) is 23.6 Å². The lowest BCUT2D eigenvalue weighted by atomic mass is 10.1. The van der Waals surface area contributed by atoms with Crippen LogP contribution in [0.25, 0.3) is 22.2 Å². The third kappa shape index (κ3) is 2.77. The predicted octanol–water partition coefficient (Wildman–Crippen LogP) is 4.59. The van der Waals surface area contributed by atoms with Crippen LogP contribution in [0.3, 0.4) is 0 Å². The van der Waals surface area contributed by atoms with Crippen LogP contribution in [-0.2, 0) is 0 Å². The van der Waals surface area contributed by atoms with Gasteiger partial charge in [0.1, 0.15) is 5.69 Å². The van der Waals surface area contributed by atoms with E-state index in [4.69, 9.17) is 11.6 Å². The molecule has 0 atom stereocenters. The Kier molecular flexibility index (Phi) is 3.76. The van der Waals surface area contributed by atoms with Gasteiger partial charge in [0, 0.05) is 39.3 Å². The molecule has 3 heterocycles. The fraction of sp³-hybridized carbons (Fsp3) is 0. The predicted molar refractivity (Wildman–Crippen MR) is 96.6 cm³/mol. The van der Waals surface area contributed by atoms with E-state index in [-0.39, 0.29) is 11.6 Å². The van der Waals surface area contributed by atoms with Crippen molar-refractivity contribution in [1.82, 2.24) is 15.0 Å². The topological polar surface area (TPSA) is 70.7 Å². The monoisotopic (exact) mass is 354 g/mol. The summed E-state index contributed by atoms with van der Waals surface area (Å²) in [6.07, 6.45) is 3.42. The second-order valence-electron chi connectivity index (χ2n) is 5.10. The number of halogens is 1. The molecule has 0 radical (unpaired) electrons. The maximum atomic E-state index is 12.2. The molecule has 0 saturated carbocycles.